The first-order chi connectivity index (χ1) is 16.6. The summed E-state index contributed by atoms with van der Waals surface area (Å²) in [4.78, 5) is 16.9. The molecule has 2 aromatic heterocycles. The fraction of sp³-hybridized carbons (Fsp3) is 0.0800. The number of rotatable bonds is 7. The summed E-state index contributed by atoms with van der Waals surface area (Å²) < 4.78 is 11.2. The number of nitrogens with zero attached hydrogens (tertiary/aromatic N) is 5. The first-order valence-electron chi connectivity index (χ1n) is 10.4. The molecule has 2 heterocycles. The van der Waals surface area contributed by atoms with Crippen LogP contribution in [0.3, 0.4) is 0 Å². The molecule has 34 heavy (non-hydrogen) atoms. The third-order valence-electron chi connectivity index (χ3n) is 5.23. The van der Waals surface area contributed by atoms with Crippen LogP contribution < -0.4 is 4.74 Å². The first kappa shape index (κ1) is 21.1. The normalized spacial score (nSPS) is 10.9. The number of hydrogen-bond donors (Lipinski definition) is 1. The van der Waals surface area contributed by atoms with Crippen LogP contribution in [0.1, 0.15) is 15.9 Å². The van der Waals surface area contributed by atoms with Gasteiger partial charge in [0, 0.05) is 16.7 Å². The summed E-state index contributed by atoms with van der Waals surface area (Å²) >= 11 is 0. The van der Waals surface area contributed by atoms with Gasteiger partial charge in [0.15, 0.2) is 5.76 Å². The zero-order valence-electron chi connectivity index (χ0n) is 18.1. The highest BCUT2D eigenvalue weighted by Gasteiger charge is 2.12. The van der Waals surface area contributed by atoms with Crippen molar-refractivity contribution in [3.05, 3.63) is 90.1 Å². The van der Waals surface area contributed by atoms with E-state index in [0.717, 1.165) is 28.0 Å². The minimum atomic E-state index is -0.963. The van der Waals surface area contributed by atoms with Gasteiger partial charge in [0.2, 0.25) is 11.7 Å². The van der Waals surface area contributed by atoms with Crippen LogP contribution in [-0.4, -0.2) is 43.4 Å². The summed E-state index contributed by atoms with van der Waals surface area (Å²) in [7, 11) is 1.63. The molecule has 0 bridgehead atoms. The molecular weight excluding hydrogens is 434 g/mol. The second-order valence-corrected chi connectivity index (χ2v) is 7.48. The van der Waals surface area contributed by atoms with E-state index in [9.17, 15) is 4.79 Å². The van der Waals surface area contributed by atoms with Crippen molar-refractivity contribution in [1.82, 2.24) is 25.2 Å². The van der Waals surface area contributed by atoms with Gasteiger partial charge in [-0.2, -0.15) is 4.80 Å². The zero-order valence-corrected chi connectivity index (χ0v) is 18.1. The van der Waals surface area contributed by atoms with E-state index < -0.39 is 5.97 Å². The Labute approximate surface area is 194 Å². The lowest BCUT2D eigenvalue weighted by atomic mass is 10.1. The van der Waals surface area contributed by atoms with Crippen molar-refractivity contribution in [3.8, 4) is 39.9 Å². The molecule has 5 rings (SSSR count). The Balaban J connectivity index is 1.34. The van der Waals surface area contributed by atoms with Crippen molar-refractivity contribution in [2.24, 2.45) is 0 Å². The van der Waals surface area contributed by atoms with Gasteiger partial charge >= 0.3 is 5.97 Å². The van der Waals surface area contributed by atoms with E-state index in [-0.39, 0.29) is 5.56 Å². The summed E-state index contributed by atoms with van der Waals surface area (Å²) in [5.41, 5.74) is 3.56. The summed E-state index contributed by atoms with van der Waals surface area (Å²) in [6.45, 7) is 0.373. The third kappa shape index (κ3) is 4.40. The highest BCUT2D eigenvalue weighted by molar-refractivity contribution is 5.87. The number of ether oxygens (including phenoxy) is 1. The van der Waals surface area contributed by atoms with Crippen molar-refractivity contribution in [3.63, 3.8) is 0 Å². The minimum absolute atomic E-state index is 0.231. The second kappa shape index (κ2) is 8.99. The number of hydrogen-bond acceptors (Lipinski definition) is 7. The van der Waals surface area contributed by atoms with Crippen LogP contribution in [0.15, 0.2) is 83.4 Å². The average molecular weight is 453 g/mol. The van der Waals surface area contributed by atoms with E-state index in [1.165, 1.54) is 4.80 Å². The largest absolute Gasteiger partial charge is 0.497 e. The SMILES string of the molecule is COc1ccc(-c2cnc(-c3cccc(-c4nnn(Cc5ccc(C(=O)O)cc5)n4)c3)o2)cc1. The molecule has 0 aliphatic heterocycles. The fourth-order valence-electron chi connectivity index (χ4n) is 3.43. The standard InChI is InChI=1S/C25H19N5O4/c1-33-21-11-9-17(10-12-21)22-14-26-24(34-22)20-4-2-3-19(13-20)23-27-29-30(28-23)15-16-5-7-18(8-6-16)25(31)32/h2-14H,15H2,1H3,(H,31,32). The number of carbonyl (C=O) groups is 1. The van der Waals surface area contributed by atoms with E-state index in [0.29, 0.717) is 24.0 Å². The molecule has 0 amide bonds. The van der Waals surface area contributed by atoms with Gasteiger partial charge in [0.05, 0.1) is 25.4 Å². The molecule has 0 unspecified atom stereocenters. The Morgan fingerprint density at radius 3 is 2.50 bits per heavy atom. The lowest BCUT2D eigenvalue weighted by Crippen LogP contribution is -2.04. The Morgan fingerprint density at radius 2 is 1.76 bits per heavy atom. The maximum atomic E-state index is 11.0. The molecule has 0 radical (unpaired) electrons. The van der Waals surface area contributed by atoms with Gasteiger partial charge < -0.3 is 14.3 Å². The highest BCUT2D eigenvalue weighted by Crippen LogP contribution is 2.29. The van der Waals surface area contributed by atoms with Crippen molar-refractivity contribution in [1.29, 1.82) is 0 Å². The van der Waals surface area contributed by atoms with Gasteiger partial charge in [-0.25, -0.2) is 9.78 Å². The van der Waals surface area contributed by atoms with E-state index in [1.54, 1.807) is 37.6 Å². The molecule has 9 nitrogen and oxygen atoms in total. The predicted molar refractivity (Wildman–Crippen MR) is 123 cm³/mol. The smallest absolute Gasteiger partial charge is 0.335 e. The fourth-order valence-corrected chi connectivity index (χ4v) is 3.43. The predicted octanol–water partition coefficient (Wildman–Crippen LogP) is 4.42. The van der Waals surface area contributed by atoms with Gasteiger partial charge in [0.1, 0.15) is 5.75 Å². The molecule has 9 heteroatoms. The van der Waals surface area contributed by atoms with Gasteiger partial charge in [-0.1, -0.05) is 24.3 Å². The Morgan fingerprint density at radius 1 is 1.00 bits per heavy atom. The lowest BCUT2D eigenvalue weighted by molar-refractivity contribution is 0.0697. The molecule has 0 fully saturated rings. The minimum Gasteiger partial charge on any atom is -0.497 e. The maximum absolute atomic E-state index is 11.0. The molecule has 5 aromatic rings. The van der Waals surface area contributed by atoms with Gasteiger partial charge in [-0.05, 0) is 59.3 Å². The van der Waals surface area contributed by atoms with E-state index in [4.69, 9.17) is 14.3 Å². The van der Waals surface area contributed by atoms with E-state index in [1.807, 2.05) is 48.5 Å². The number of tetrazole rings is 1. The number of methoxy groups -OCH3 is 1. The highest BCUT2D eigenvalue weighted by atomic mass is 16.5. The molecule has 0 atom stereocenters. The van der Waals surface area contributed by atoms with Crippen LogP contribution >= 0.6 is 0 Å². The van der Waals surface area contributed by atoms with E-state index in [2.05, 4.69) is 20.4 Å². The number of carboxylic acids is 1. The lowest BCUT2D eigenvalue weighted by Gasteiger charge is -2.01. The number of benzene rings is 3. The summed E-state index contributed by atoms with van der Waals surface area (Å²) in [5, 5.41) is 21.7. The zero-order chi connectivity index (χ0) is 23.5. The average Bonchev–Trinajstić information content (AvgIpc) is 3.55. The Kier molecular flexibility index (Phi) is 5.57. The number of carboxylic acid groups (broad SMARTS) is 1. The molecule has 0 saturated heterocycles. The van der Waals surface area contributed by atoms with Crippen LogP contribution in [-0.2, 0) is 6.54 Å². The molecule has 0 aliphatic carbocycles. The van der Waals surface area contributed by atoms with Gasteiger partial charge in [-0.15, -0.1) is 10.2 Å². The number of aromatic carboxylic acids is 1. The van der Waals surface area contributed by atoms with Gasteiger partial charge in [-0.3, -0.25) is 0 Å². The Hall–Kier alpha value is -4.79. The second-order valence-electron chi connectivity index (χ2n) is 7.48. The third-order valence-corrected chi connectivity index (χ3v) is 5.23. The van der Waals surface area contributed by atoms with Crippen molar-refractivity contribution >= 4 is 5.97 Å². The van der Waals surface area contributed by atoms with Gasteiger partial charge in [0.25, 0.3) is 0 Å². The number of oxazole rings is 1. The van der Waals surface area contributed by atoms with Crippen molar-refractivity contribution in [2.45, 2.75) is 6.54 Å². The topological polar surface area (TPSA) is 116 Å². The van der Waals surface area contributed by atoms with Crippen LogP contribution in [0.4, 0.5) is 0 Å². The quantitative estimate of drug-likeness (QED) is 0.385. The van der Waals surface area contributed by atoms with Crippen molar-refractivity contribution < 1.29 is 19.1 Å². The van der Waals surface area contributed by atoms with Crippen LogP contribution in [0, 0.1) is 0 Å². The summed E-state index contributed by atoms with van der Waals surface area (Å²) in [5.74, 6) is 1.41. The van der Waals surface area contributed by atoms with E-state index >= 15 is 0 Å². The molecule has 3 aromatic carbocycles. The molecular formula is C25H19N5O4. The maximum Gasteiger partial charge on any atom is 0.335 e. The molecule has 1 N–H and O–H groups in total. The molecule has 168 valence electrons. The molecule has 0 aliphatic rings. The monoisotopic (exact) mass is 453 g/mol. The first-order valence-corrected chi connectivity index (χ1v) is 10.4. The van der Waals surface area contributed by atoms with Crippen molar-refractivity contribution in [2.75, 3.05) is 7.11 Å². The summed E-state index contributed by atoms with van der Waals surface area (Å²) in [6.07, 6.45) is 1.69. The molecule has 0 spiro atoms. The van der Waals surface area contributed by atoms with Crippen LogP contribution in [0.25, 0.3) is 34.2 Å². The Bertz CT molecular complexity index is 1440. The molecule has 0 saturated carbocycles. The van der Waals surface area contributed by atoms with Crippen LogP contribution in [0.2, 0.25) is 0 Å². The summed E-state index contributed by atoms with van der Waals surface area (Å²) in [6, 6.07) is 21.7. The number of aromatic nitrogens is 5. The van der Waals surface area contributed by atoms with Crippen LogP contribution in [0.5, 0.6) is 5.75 Å².